The van der Waals surface area contributed by atoms with E-state index in [0.29, 0.717) is 24.8 Å². The van der Waals surface area contributed by atoms with E-state index >= 15 is 0 Å². The summed E-state index contributed by atoms with van der Waals surface area (Å²) in [4.78, 5) is 6.51. The van der Waals surface area contributed by atoms with E-state index in [2.05, 4.69) is 29.3 Å². The number of nitrogens with one attached hydrogen (secondary N) is 1. The van der Waals surface area contributed by atoms with Gasteiger partial charge in [-0.25, -0.2) is 13.4 Å². The molecule has 2 heterocycles. The molecule has 0 bridgehead atoms. The van der Waals surface area contributed by atoms with E-state index in [0.717, 1.165) is 19.4 Å². The highest BCUT2D eigenvalue weighted by Gasteiger charge is 2.31. The summed E-state index contributed by atoms with van der Waals surface area (Å²) in [6.45, 7) is 2.18. The third-order valence-corrected chi connectivity index (χ3v) is 5.75. The Labute approximate surface area is 127 Å². The van der Waals surface area contributed by atoms with E-state index in [1.54, 1.807) is 29.7 Å². The molecule has 0 aromatic carbocycles. The van der Waals surface area contributed by atoms with E-state index in [4.69, 9.17) is 0 Å². The number of rotatable bonds is 5. The van der Waals surface area contributed by atoms with Gasteiger partial charge in [0.2, 0.25) is 10.0 Å². The molecule has 1 aromatic rings. The molecule has 0 saturated carbocycles. The third-order valence-electron chi connectivity index (χ3n) is 3.82. The minimum atomic E-state index is -3.46. The Bertz CT molecular complexity index is 566. The zero-order valence-corrected chi connectivity index (χ0v) is 13.7. The fourth-order valence-electron chi connectivity index (χ4n) is 2.77. The van der Waals surface area contributed by atoms with Crippen LogP contribution in [-0.4, -0.2) is 63.4 Å². The minimum absolute atomic E-state index is 0.263. The van der Waals surface area contributed by atoms with E-state index in [9.17, 15) is 8.42 Å². The van der Waals surface area contributed by atoms with E-state index in [1.165, 1.54) is 0 Å². The van der Waals surface area contributed by atoms with Gasteiger partial charge in [-0.05, 0) is 45.0 Å². The lowest BCUT2D eigenvalue weighted by molar-refractivity contribution is 0.225. The lowest BCUT2D eigenvalue weighted by Gasteiger charge is -2.32. The molecule has 21 heavy (non-hydrogen) atoms. The van der Waals surface area contributed by atoms with Crippen molar-refractivity contribution in [1.82, 2.24) is 14.2 Å². The van der Waals surface area contributed by atoms with Crippen molar-refractivity contribution in [1.29, 1.82) is 0 Å². The minimum Gasteiger partial charge on any atom is -0.372 e. The van der Waals surface area contributed by atoms with Crippen molar-refractivity contribution >= 4 is 15.8 Å². The predicted molar refractivity (Wildman–Crippen MR) is 83.8 cm³/mol. The molecule has 1 aliphatic rings. The number of pyridine rings is 1. The van der Waals surface area contributed by atoms with Gasteiger partial charge in [0.25, 0.3) is 0 Å². The number of nitrogens with zero attached hydrogens (tertiary/aromatic N) is 3. The first-order valence-corrected chi connectivity index (χ1v) is 8.67. The number of sulfonamides is 1. The van der Waals surface area contributed by atoms with Crippen molar-refractivity contribution in [2.24, 2.45) is 5.92 Å². The Balaban J connectivity index is 2.11. The van der Waals surface area contributed by atoms with Crippen molar-refractivity contribution < 1.29 is 8.42 Å². The Kier molecular flexibility index (Phi) is 5.18. The van der Waals surface area contributed by atoms with Gasteiger partial charge in [-0.3, -0.25) is 0 Å². The van der Waals surface area contributed by atoms with Crippen LogP contribution in [-0.2, 0) is 10.0 Å². The van der Waals surface area contributed by atoms with Gasteiger partial charge in [0.1, 0.15) is 10.7 Å². The first kappa shape index (κ1) is 16.2. The number of piperidine rings is 1. The number of hydrogen-bond donors (Lipinski definition) is 1. The number of anilines is 1. The topological polar surface area (TPSA) is 65.5 Å². The summed E-state index contributed by atoms with van der Waals surface area (Å²) < 4.78 is 27.0. The summed E-state index contributed by atoms with van der Waals surface area (Å²) in [6.07, 6.45) is 3.41. The van der Waals surface area contributed by atoms with Gasteiger partial charge >= 0.3 is 0 Å². The maximum atomic E-state index is 12.7. The van der Waals surface area contributed by atoms with Gasteiger partial charge in [-0.15, -0.1) is 0 Å². The maximum Gasteiger partial charge on any atom is 0.246 e. The molecule has 1 fully saturated rings. The van der Waals surface area contributed by atoms with Crippen molar-refractivity contribution in [3.05, 3.63) is 18.3 Å². The van der Waals surface area contributed by atoms with Crippen LogP contribution in [0.3, 0.4) is 0 Å². The largest absolute Gasteiger partial charge is 0.372 e. The quantitative estimate of drug-likeness (QED) is 0.881. The Hall–Kier alpha value is -1.18. The highest BCUT2D eigenvalue weighted by molar-refractivity contribution is 7.89. The highest BCUT2D eigenvalue weighted by atomic mass is 32.2. The highest BCUT2D eigenvalue weighted by Crippen LogP contribution is 2.27. The second kappa shape index (κ2) is 6.72. The SMILES string of the molecule is CNc1ncccc1S(=O)(=O)N1CCC(CN(C)C)CC1. The van der Waals surface area contributed by atoms with Crippen LogP contribution in [0.4, 0.5) is 5.82 Å². The normalized spacial score (nSPS) is 18.1. The number of hydrogen-bond acceptors (Lipinski definition) is 5. The molecule has 0 spiro atoms. The number of aromatic nitrogens is 1. The van der Waals surface area contributed by atoms with Crippen LogP contribution < -0.4 is 5.32 Å². The lowest BCUT2D eigenvalue weighted by Crippen LogP contribution is -2.40. The molecule has 1 N–H and O–H groups in total. The monoisotopic (exact) mass is 312 g/mol. The van der Waals surface area contributed by atoms with Crippen LogP contribution in [0.1, 0.15) is 12.8 Å². The average Bonchev–Trinajstić information content (AvgIpc) is 2.47. The van der Waals surface area contributed by atoms with Gasteiger partial charge in [0.15, 0.2) is 0 Å². The van der Waals surface area contributed by atoms with Gasteiger partial charge in [-0.2, -0.15) is 4.31 Å². The standard InChI is InChI=1S/C14H24N4O2S/c1-15-14-13(5-4-8-16-14)21(19,20)18-9-6-12(7-10-18)11-17(2)3/h4-5,8,12H,6-7,9-11H2,1-3H3,(H,15,16). The molecule has 7 heteroatoms. The van der Waals surface area contributed by atoms with Gasteiger partial charge in [0, 0.05) is 32.9 Å². The lowest BCUT2D eigenvalue weighted by atomic mass is 9.98. The summed E-state index contributed by atoms with van der Waals surface area (Å²) >= 11 is 0. The van der Waals surface area contributed by atoms with Crippen LogP contribution in [0.2, 0.25) is 0 Å². The van der Waals surface area contributed by atoms with Crippen LogP contribution in [0.25, 0.3) is 0 Å². The molecule has 2 rings (SSSR count). The molecular weight excluding hydrogens is 288 g/mol. The molecule has 1 saturated heterocycles. The second-order valence-electron chi connectivity index (χ2n) is 5.71. The predicted octanol–water partition coefficient (Wildman–Crippen LogP) is 1.09. The summed E-state index contributed by atoms with van der Waals surface area (Å²) in [5.41, 5.74) is 0. The molecule has 0 aliphatic carbocycles. The fraction of sp³-hybridized carbons (Fsp3) is 0.643. The summed E-state index contributed by atoms with van der Waals surface area (Å²) in [5.74, 6) is 0.983. The van der Waals surface area contributed by atoms with Crippen LogP contribution in [0.15, 0.2) is 23.2 Å². The zero-order valence-electron chi connectivity index (χ0n) is 12.9. The van der Waals surface area contributed by atoms with Crippen LogP contribution in [0, 0.1) is 5.92 Å². The molecular formula is C14H24N4O2S. The van der Waals surface area contributed by atoms with Crippen molar-refractivity contribution in [2.75, 3.05) is 46.1 Å². The Morgan fingerprint density at radius 2 is 2.05 bits per heavy atom. The summed E-state index contributed by atoms with van der Waals surface area (Å²) in [5, 5.41) is 2.85. The summed E-state index contributed by atoms with van der Waals surface area (Å²) in [6, 6.07) is 3.27. The summed E-state index contributed by atoms with van der Waals surface area (Å²) in [7, 11) is 2.33. The third kappa shape index (κ3) is 3.72. The first-order valence-electron chi connectivity index (χ1n) is 7.23. The maximum absolute atomic E-state index is 12.7. The molecule has 0 unspecified atom stereocenters. The van der Waals surface area contributed by atoms with Gasteiger partial charge in [0.05, 0.1) is 0 Å². The average molecular weight is 312 g/mol. The molecule has 0 amide bonds. The molecule has 0 radical (unpaired) electrons. The van der Waals surface area contributed by atoms with E-state index in [1.807, 2.05) is 0 Å². The Morgan fingerprint density at radius 1 is 1.38 bits per heavy atom. The van der Waals surface area contributed by atoms with Crippen molar-refractivity contribution in [3.63, 3.8) is 0 Å². The van der Waals surface area contributed by atoms with Gasteiger partial charge in [-0.1, -0.05) is 0 Å². The molecule has 6 nitrogen and oxygen atoms in total. The van der Waals surface area contributed by atoms with Crippen molar-refractivity contribution in [2.45, 2.75) is 17.7 Å². The molecule has 1 aliphatic heterocycles. The van der Waals surface area contributed by atoms with Gasteiger partial charge < -0.3 is 10.2 Å². The van der Waals surface area contributed by atoms with Crippen LogP contribution in [0.5, 0.6) is 0 Å². The van der Waals surface area contributed by atoms with E-state index < -0.39 is 10.0 Å². The van der Waals surface area contributed by atoms with E-state index in [-0.39, 0.29) is 4.90 Å². The molecule has 0 atom stereocenters. The Morgan fingerprint density at radius 3 is 2.62 bits per heavy atom. The molecule has 1 aromatic heterocycles. The first-order chi connectivity index (χ1) is 9.95. The second-order valence-corrected chi connectivity index (χ2v) is 7.62. The van der Waals surface area contributed by atoms with Crippen LogP contribution >= 0.6 is 0 Å². The van der Waals surface area contributed by atoms with Crippen molar-refractivity contribution in [3.8, 4) is 0 Å². The molecule has 118 valence electrons. The zero-order chi connectivity index (χ0) is 15.5. The smallest absolute Gasteiger partial charge is 0.246 e. The fourth-order valence-corrected chi connectivity index (χ4v) is 4.39.